The van der Waals surface area contributed by atoms with Crippen molar-refractivity contribution in [3.8, 4) is 5.75 Å². The number of ether oxygens (including phenoxy) is 1. The second-order valence-electron chi connectivity index (χ2n) is 5.69. The van der Waals surface area contributed by atoms with Gasteiger partial charge in [-0.25, -0.2) is 0 Å². The van der Waals surface area contributed by atoms with E-state index in [4.69, 9.17) is 4.74 Å². The van der Waals surface area contributed by atoms with Crippen molar-refractivity contribution in [1.29, 1.82) is 0 Å². The molecule has 2 unspecified atom stereocenters. The third kappa shape index (κ3) is 2.31. The molecule has 3 heteroatoms. The van der Waals surface area contributed by atoms with Crippen molar-refractivity contribution in [3.63, 3.8) is 0 Å². The summed E-state index contributed by atoms with van der Waals surface area (Å²) in [5.41, 5.74) is 1.45. The third-order valence-electron chi connectivity index (χ3n) is 3.25. The average Bonchev–Trinajstić information content (AvgIpc) is 2.73. The van der Waals surface area contributed by atoms with E-state index in [1.54, 1.807) is 0 Å². The molecule has 2 N–H and O–H groups in total. The van der Waals surface area contributed by atoms with Gasteiger partial charge in [-0.15, -0.1) is 0 Å². The Morgan fingerprint density at radius 2 is 1.94 bits per heavy atom. The van der Waals surface area contributed by atoms with Gasteiger partial charge >= 0.3 is 0 Å². The Morgan fingerprint density at radius 3 is 2.59 bits per heavy atom. The maximum absolute atomic E-state index is 10.3. The van der Waals surface area contributed by atoms with Gasteiger partial charge in [-0.3, -0.25) is 0 Å². The van der Waals surface area contributed by atoms with Gasteiger partial charge in [0, 0.05) is 12.0 Å². The van der Waals surface area contributed by atoms with Gasteiger partial charge in [-0.2, -0.15) is 0 Å². The van der Waals surface area contributed by atoms with Crippen LogP contribution in [-0.2, 0) is 6.42 Å². The van der Waals surface area contributed by atoms with Crippen LogP contribution in [0.1, 0.15) is 38.0 Å². The summed E-state index contributed by atoms with van der Waals surface area (Å²) in [6.07, 6.45) is -0.831. The maximum Gasteiger partial charge on any atom is 0.128 e. The summed E-state index contributed by atoms with van der Waals surface area (Å²) in [6.45, 7) is 6.38. The first-order chi connectivity index (χ1) is 7.91. The second-order valence-corrected chi connectivity index (χ2v) is 5.69. The molecule has 2 rings (SSSR count). The summed E-state index contributed by atoms with van der Waals surface area (Å²) >= 11 is 0. The van der Waals surface area contributed by atoms with Crippen LogP contribution >= 0.6 is 0 Å². The normalized spacial score (nSPS) is 18.4. The zero-order chi connectivity index (χ0) is 12.6. The molecule has 0 radical (unpaired) electrons. The second kappa shape index (κ2) is 4.31. The molecule has 0 saturated heterocycles. The van der Waals surface area contributed by atoms with Crippen molar-refractivity contribution < 1.29 is 14.9 Å². The summed E-state index contributed by atoms with van der Waals surface area (Å²) in [4.78, 5) is 0. The van der Waals surface area contributed by atoms with Gasteiger partial charge in [0.2, 0.25) is 0 Å². The highest BCUT2D eigenvalue weighted by Gasteiger charge is 2.33. The van der Waals surface area contributed by atoms with Crippen LogP contribution in [0.5, 0.6) is 5.75 Å². The predicted octanol–water partition coefficient (Wildman–Crippen LogP) is 2.06. The summed E-state index contributed by atoms with van der Waals surface area (Å²) in [7, 11) is 0. The molecule has 1 heterocycles. The fourth-order valence-corrected chi connectivity index (χ4v) is 2.12. The molecule has 0 spiro atoms. The van der Waals surface area contributed by atoms with Gasteiger partial charge in [0.05, 0.1) is 12.7 Å². The number of fused-ring (bicyclic) bond motifs is 1. The monoisotopic (exact) mass is 236 g/mol. The SMILES string of the molecule is CC(C)(C)C(O)C(O)c1cccc2c1OCC2. The minimum atomic E-state index is -0.900. The average molecular weight is 236 g/mol. The molecule has 0 aliphatic carbocycles. The van der Waals surface area contributed by atoms with E-state index in [0.717, 1.165) is 17.7 Å². The molecule has 0 saturated carbocycles. The number of aliphatic hydroxyl groups excluding tert-OH is 2. The van der Waals surface area contributed by atoms with Crippen LogP contribution in [0.2, 0.25) is 0 Å². The molecular formula is C14H20O3. The van der Waals surface area contributed by atoms with Crippen LogP contribution in [0, 0.1) is 5.41 Å². The van der Waals surface area contributed by atoms with E-state index in [0.29, 0.717) is 12.2 Å². The van der Waals surface area contributed by atoms with E-state index in [2.05, 4.69) is 0 Å². The van der Waals surface area contributed by atoms with E-state index < -0.39 is 12.2 Å². The first kappa shape index (κ1) is 12.4. The first-order valence-electron chi connectivity index (χ1n) is 6.02. The highest BCUT2D eigenvalue weighted by atomic mass is 16.5. The molecule has 1 aromatic rings. The van der Waals surface area contributed by atoms with Gasteiger partial charge in [-0.05, 0) is 11.0 Å². The van der Waals surface area contributed by atoms with E-state index in [-0.39, 0.29) is 5.41 Å². The summed E-state index contributed by atoms with van der Waals surface area (Å²) < 4.78 is 5.54. The van der Waals surface area contributed by atoms with Crippen molar-refractivity contribution in [2.75, 3.05) is 6.61 Å². The lowest BCUT2D eigenvalue weighted by atomic mass is 9.83. The maximum atomic E-state index is 10.3. The van der Waals surface area contributed by atoms with E-state index in [1.807, 2.05) is 39.0 Å². The molecule has 1 aliphatic heterocycles. The van der Waals surface area contributed by atoms with E-state index >= 15 is 0 Å². The highest BCUT2D eigenvalue weighted by Crippen LogP contribution is 2.38. The Morgan fingerprint density at radius 1 is 1.24 bits per heavy atom. The molecule has 2 atom stereocenters. The van der Waals surface area contributed by atoms with Crippen LogP contribution in [0.15, 0.2) is 18.2 Å². The Bertz CT molecular complexity index is 406. The molecule has 3 nitrogen and oxygen atoms in total. The van der Waals surface area contributed by atoms with E-state index in [1.165, 1.54) is 0 Å². The zero-order valence-corrected chi connectivity index (χ0v) is 10.6. The van der Waals surface area contributed by atoms with Crippen LogP contribution in [0.4, 0.5) is 0 Å². The number of aliphatic hydroxyl groups is 2. The van der Waals surface area contributed by atoms with Gasteiger partial charge in [0.15, 0.2) is 0 Å². The molecule has 1 aromatic carbocycles. The van der Waals surface area contributed by atoms with Crippen LogP contribution in [0.3, 0.4) is 0 Å². The molecule has 17 heavy (non-hydrogen) atoms. The molecule has 1 aliphatic rings. The van der Waals surface area contributed by atoms with Crippen molar-refractivity contribution in [2.24, 2.45) is 5.41 Å². The van der Waals surface area contributed by atoms with Gasteiger partial charge in [0.1, 0.15) is 11.9 Å². The molecule has 0 aromatic heterocycles. The van der Waals surface area contributed by atoms with Crippen LogP contribution in [-0.4, -0.2) is 22.9 Å². The van der Waals surface area contributed by atoms with Crippen molar-refractivity contribution in [3.05, 3.63) is 29.3 Å². The predicted molar refractivity (Wildman–Crippen MR) is 66.1 cm³/mol. The number of rotatable bonds is 2. The lowest BCUT2D eigenvalue weighted by Gasteiger charge is -2.30. The zero-order valence-electron chi connectivity index (χ0n) is 10.6. The third-order valence-corrected chi connectivity index (χ3v) is 3.25. The molecule has 0 bridgehead atoms. The smallest absolute Gasteiger partial charge is 0.128 e. The van der Waals surface area contributed by atoms with Gasteiger partial charge in [0.25, 0.3) is 0 Å². The van der Waals surface area contributed by atoms with Crippen LogP contribution in [0.25, 0.3) is 0 Å². The lowest BCUT2D eigenvalue weighted by molar-refractivity contribution is -0.0466. The van der Waals surface area contributed by atoms with Gasteiger partial charge < -0.3 is 14.9 Å². The quantitative estimate of drug-likeness (QED) is 0.826. The van der Waals surface area contributed by atoms with E-state index in [9.17, 15) is 10.2 Å². The number of para-hydroxylation sites is 1. The Balaban J connectivity index is 2.32. The standard InChI is InChI=1S/C14H20O3/c1-14(2,3)13(16)11(15)10-6-4-5-9-7-8-17-12(9)10/h4-6,11,13,15-16H,7-8H2,1-3H3. The Hall–Kier alpha value is -1.06. The summed E-state index contributed by atoms with van der Waals surface area (Å²) in [5, 5.41) is 20.4. The van der Waals surface area contributed by atoms with Crippen molar-refractivity contribution in [1.82, 2.24) is 0 Å². The number of hydrogen-bond acceptors (Lipinski definition) is 3. The Kier molecular flexibility index (Phi) is 3.15. The van der Waals surface area contributed by atoms with Crippen molar-refractivity contribution >= 4 is 0 Å². The highest BCUT2D eigenvalue weighted by molar-refractivity contribution is 5.45. The summed E-state index contributed by atoms with van der Waals surface area (Å²) in [5.74, 6) is 0.753. The van der Waals surface area contributed by atoms with Gasteiger partial charge in [-0.1, -0.05) is 39.0 Å². The molecule has 0 fully saturated rings. The largest absolute Gasteiger partial charge is 0.493 e. The first-order valence-corrected chi connectivity index (χ1v) is 6.02. The topological polar surface area (TPSA) is 49.7 Å². The minimum Gasteiger partial charge on any atom is -0.493 e. The fraction of sp³-hybridized carbons (Fsp3) is 0.571. The Labute approximate surface area is 102 Å². The number of hydrogen-bond donors (Lipinski definition) is 2. The molecular weight excluding hydrogens is 216 g/mol. The lowest BCUT2D eigenvalue weighted by Crippen LogP contribution is -2.32. The van der Waals surface area contributed by atoms with Crippen molar-refractivity contribution in [2.45, 2.75) is 39.4 Å². The summed E-state index contributed by atoms with van der Waals surface area (Å²) in [6, 6.07) is 5.73. The van der Waals surface area contributed by atoms with Crippen LogP contribution < -0.4 is 4.74 Å². The minimum absolute atomic E-state index is 0.360. The fourth-order valence-electron chi connectivity index (χ4n) is 2.12. The molecule has 94 valence electrons. The molecule has 0 amide bonds. The number of benzene rings is 1.